The lowest BCUT2D eigenvalue weighted by Gasteiger charge is -2.25. The number of hydrogen-bond donors (Lipinski definition) is 1. The van der Waals surface area contributed by atoms with Crippen LogP contribution in [0.25, 0.3) is 0 Å². The third kappa shape index (κ3) is 4.13. The number of phenols is 1. The van der Waals surface area contributed by atoms with Crippen molar-refractivity contribution >= 4 is 15.7 Å². The fourth-order valence-electron chi connectivity index (χ4n) is 1.88. The normalized spacial score (nSPS) is 11.8. The number of phenolic OH excluding ortho intramolecular Hbond substituents is 1. The molecule has 0 radical (unpaired) electrons. The number of benzene rings is 1. The Morgan fingerprint density at radius 3 is 2.47 bits per heavy atom. The second-order valence-electron chi connectivity index (χ2n) is 5.13. The third-order valence-corrected chi connectivity index (χ3v) is 4.92. The first-order valence-electron chi connectivity index (χ1n) is 6.58. The predicted octanol–water partition coefficient (Wildman–Crippen LogP) is 2.90. The quantitative estimate of drug-likeness (QED) is 0.874. The summed E-state index contributed by atoms with van der Waals surface area (Å²) in [6.07, 6.45) is 0.636. The number of hydrogen-bond acceptors (Lipinski definition) is 3. The second-order valence-corrected chi connectivity index (χ2v) is 7.15. The van der Waals surface area contributed by atoms with E-state index in [0.29, 0.717) is 24.6 Å². The molecule has 4 nitrogen and oxygen atoms in total. The first-order chi connectivity index (χ1) is 8.77. The highest BCUT2D eigenvalue weighted by atomic mass is 32.2. The standard InChI is InChI=1S/C14H23NO3S/c1-5-15(19(17,18)9-8-11(2)3)14-10-13(16)7-6-12(14)4/h6-7,10-11,16H,5,8-9H2,1-4H3. The van der Waals surface area contributed by atoms with Gasteiger partial charge in [0.05, 0.1) is 11.4 Å². The smallest absolute Gasteiger partial charge is 0.235 e. The Hall–Kier alpha value is -1.23. The number of rotatable bonds is 6. The van der Waals surface area contributed by atoms with Gasteiger partial charge in [0.1, 0.15) is 5.75 Å². The maximum absolute atomic E-state index is 12.4. The molecular weight excluding hydrogens is 262 g/mol. The molecule has 0 aromatic heterocycles. The van der Waals surface area contributed by atoms with Gasteiger partial charge in [0.25, 0.3) is 0 Å². The summed E-state index contributed by atoms with van der Waals surface area (Å²) < 4.78 is 26.1. The fourth-order valence-corrected chi connectivity index (χ4v) is 3.76. The molecule has 0 aliphatic heterocycles. The van der Waals surface area contributed by atoms with Crippen molar-refractivity contribution in [2.45, 2.75) is 34.1 Å². The number of aryl methyl sites for hydroxylation is 1. The molecule has 1 rings (SSSR count). The Morgan fingerprint density at radius 2 is 1.95 bits per heavy atom. The van der Waals surface area contributed by atoms with E-state index in [1.54, 1.807) is 19.1 Å². The van der Waals surface area contributed by atoms with Crippen LogP contribution >= 0.6 is 0 Å². The summed E-state index contributed by atoms with van der Waals surface area (Å²) in [5.74, 6) is 0.560. The van der Waals surface area contributed by atoms with Gasteiger partial charge in [0, 0.05) is 12.6 Å². The number of aromatic hydroxyl groups is 1. The lowest BCUT2D eigenvalue weighted by Crippen LogP contribution is -2.33. The van der Waals surface area contributed by atoms with Gasteiger partial charge in [-0.25, -0.2) is 8.42 Å². The van der Waals surface area contributed by atoms with Crippen molar-refractivity contribution in [2.75, 3.05) is 16.6 Å². The van der Waals surface area contributed by atoms with Crippen LogP contribution in [-0.4, -0.2) is 25.8 Å². The molecular formula is C14H23NO3S. The molecule has 0 amide bonds. The predicted molar refractivity (Wildman–Crippen MR) is 79.1 cm³/mol. The van der Waals surface area contributed by atoms with Gasteiger partial charge in [-0.3, -0.25) is 4.31 Å². The number of nitrogens with zero attached hydrogens (tertiary/aromatic N) is 1. The van der Waals surface area contributed by atoms with Crippen LogP contribution in [0.4, 0.5) is 5.69 Å². The van der Waals surface area contributed by atoms with Gasteiger partial charge in [0.15, 0.2) is 0 Å². The van der Waals surface area contributed by atoms with Gasteiger partial charge in [-0.05, 0) is 37.8 Å². The van der Waals surface area contributed by atoms with Crippen molar-refractivity contribution in [1.82, 2.24) is 0 Å². The van der Waals surface area contributed by atoms with Crippen molar-refractivity contribution in [3.8, 4) is 5.75 Å². The van der Waals surface area contributed by atoms with Gasteiger partial charge in [-0.1, -0.05) is 19.9 Å². The molecule has 0 aliphatic carbocycles. The Morgan fingerprint density at radius 1 is 1.32 bits per heavy atom. The largest absolute Gasteiger partial charge is 0.508 e. The van der Waals surface area contributed by atoms with Gasteiger partial charge in [0.2, 0.25) is 10.0 Å². The van der Waals surface area contributed by atoms with Crippen LogP contribution in [0.5, 0.6) is 5.75 Å². The van der Waals surface area contributed by atoms with Crippen LogP contribution in [-0.2, 0) is 10.0 Å². The minimum atomic E-state index is -3.34. The van der Waals surface area contributed by atoms with Crippen LogP contribution in [0.1, 0.15) is 32.8 Å². The average Bonchev–Trinajstić information content (AvgIpc) is 2.32. The van der Waals surface area contributed by atoms with Crippen molar-refractivity contribution in [3.63, 3.8) is 0 Å². The zero-order valence-corrected chi connectivity index (χ0v) is 12.9. The number of sulfonamides is 1. The first-order valence-corrected chi connectivity index (χ1v) is 8.19. The van der Waals surface area contributed by atoms with E-state index in [1.807, 2.05) is 20.8 Å². The fraction of sp³-hybridized carbons (Fsp3) is 0.571. The zero-order chi connectivity index (χ0) is 14.6. The highest BCUT2D eigenvalue weighted by Gasteiger charge is 2.22. The monoisotopic (exact) mass is 285 g/mol. The highest BCUT2D eigenvalue weighted by molar-refractivity contribution is 7.92. The molecule has 0 saturated carbocycles. The van der Waals surface area contributed by atoms with Crippen LogP contribution in [0, 0.1) is 12.8 Å². The molecule has 1 aromatic rings. The number of anilines is 1. The topological polar surface area (TPSA) is 57.6 Å². The summed E-state index contributed by atoms with van der Waals surface area (Å²) in [6.45, 7) is 8.02. The van der Waals surface area contributed by atoms with E-state index in [0.717, 1.165) is 5.56 Å². The van der Waals surface area contributed by atoms with E-state index in [9.17, 15) is 13.5 Å². The molecule has 1 aromatic carbocycles. The van der Waals surface area contributed by atoms with Gasteiger partial charge in [-0.2, -0.15) is 0 Å². The lowest BCUT2D eigenvalue weighted by molar-refractivity contribution is 0.475. The van der Waals surface area contributed by atoms with E-state index >= 15 is 0 Å². The Balaban J connectivity index is 3.09. The van der Waals surface area contributed by atoms with Crippen molar-refractivity contribution in [2.24, 2.45) is 5.92 Å². The van der Waals surface area contributed by atoms with Crippen LogP contribution in [0.15, 0.2) is 18.2 Å². The average molecular weight is 285 g/mol. The Labute approximate surface area is 116 Å². The van der Waals surface area contributed by atoms with E-state index < -0.39 is 10.0 Å². The lowest BCUT2D eigenvalue weighted by atomic mass is 10.2. The molecule has 108 valence electrons. The molecule has 0 bridgehead atoms. The third-order valence-electron chi connectivity index (χ3n) is 3.04. The molecule has 0 saturated heterocycles. The molecule has 1 N–H and O–H groups in total. The Bertz CT molecular complexity index is 523. The van der Waals surface area contributed by atoms with E-state index in [-0.39, 0.29) is 11.5 Å². The molecule has 0 spiro atoms. The highest BCUT2D eigenvalue weighted by Crippen LogP contribution is 2.27. The summed E-state index contributed by atoms with van der Waals surface area (Å²) >= 11 is 0. The molecule has 0 aliphatic rings. The summed E-state index contributed by atoms with van der Waals surface area (Å²) in [4.78, 5) is 0. The van der Waals surface area contributed by atoms with Crippen molar-refractivity contribution < 1.29 is 13.5 Å². The van der Waals surface area contributed by atoms with Crippen LogP contribution in [0.3, 0.4) is 0 Å². The van der Waals surface area contributed by atoms with E-state index in [2.05, 4.69) is 0 Å². The van der Waals surface area contributed by atoms with Crippen molar-refractivity contribution in [1.29, 1.82) is 0 Å². The van der Waals surface area contributed by atoms with Crippen LogP contribution < -0.4 is 4.31 Å². The Kier molecular flexibility index (Phi) is 5.23. The minimum absolute atomic E-state index is 0.0816. The van der Waals surface area contributed by atoms with Gasteiger partial charge >= 0.3 is 0 Å². The summed E-state index contributed by atoms with van der Waals surface area (Å²) in [7, 11) is -3.34. The summed E-state index contributed by atoms with van der Waals surface area (Å²) in [5, 5.41) is 9.54. The second kappa shape index (κ2) is 6.28. The molecule has 0 heterocycles. The van der Waals surface area contributed by atoms with E-state index in [1.165, 1.54) is 10.4 Å². The van der Waals surface area contributed by atoms with Gasteiger partial charge in [-0.15, -0.1) is 0 Å². The van der Waals surface area contributed by atoms with Crippen LogP contribution in [0.2, 0.25) is 0 Å². The maximum atomic E-state index is 12.4. The molecule has 0 fully saturated rings. The molecule has 0 atom stereocenters. The van der Waals surface area contributed by atoms with Crippen molar-refractivity contribution in [3.05, 3.63) is 23.8 Å². The summed E-state index contributed by atoms with van der Waals surface area (Å²) in [5.41, 5.74) is 1.40. The summed E-state index contributed by atoms with van der Waals surface area (Å²) in [6, 6.07) is 4.80. The molecule has 0 unspecified atom stereocenters. The first kappa shape index (κ1) is 15.8. The maximum Gasteiger partial charge on any atom is 0.235 e. The molecule has 5 heteroatoms. The minimum Gasteiger partial charge on any atom is -0.508 e. The van der Waals surface area contributed by atoms with Gasteiger partial charge < -0.3 is 5.11 Å². The van der Waals surface area contributed by atoms with E-state index in [4.69, 9.17) is 0 Å². The SMILES string of the molecule is CCN(c1cc(O)ccc1C)S(=O)(=O)CCC(C)C. The molecule has 19 heavy (non-hydrogen) atoms. The zero-order valence-electron chi connectivity index (χ0n) is 12.0.